The maximum Gasteiger partial charge on any atom is 0.363 e. The first-order chi connectivity index (χ1) is 6.48. The molecule has 0 aliphatic carbocycles. The van der Waals surface area contributed by atoms with E-state index in [0.29, 0.717) is 0 Å². The van der Waals surface area contributed by atoms with Crippen molar-refractivity contribution in [3.63, 3.8) is 0 Å². The second-order valence-electron chi connectivity index (χ2n) is 2.94. The normalized spacial score (nSPS) is 12.1. The highest BCUT2D eigenvalue weighted by molar-refractivity contribution is 7.72. The van der Waals surface area contributed by atoms with Crippen LogP contribution in [0.1, 0.15) is 20.3 Å². The molecule has 0 bridgehead atoms. The van der Waals surface area contributed by atoms with Gasteiger partial charge in [-0.05, 0) is 6.42 Å². The highest BCUT2D eigenvalue weighted by Gasteiger charge is 2.59. The maximum absolute atomic E-state index is 11.1. The van der Waals surface area contributed by atoms with Crippen molar-refractivity contribution in [1.82, 2.24) is 5.32 Å². The molecule has 0 radical (unpaired) electrons. The molecule has 1 amide bonds. The van der Waals surface area contributed by atoms with Gasteiger partial charge in [-0.2, -0.15) is 0 Å². The largest absolute Gasteiger partial charge is 0.412 e. The molecule has 0 aromatic heterocycles. The molecular weight excluding hydrogens is 280 g/mol. The number of rotatable bonds is 4. The van der Waals surface area contributed by atoms with Gasteiger partial charge in [0.25, 0.3) is 0 Å². The van der Waals surface area contributed by atoms with Crippen LogP contribution in [0, 0.1) is 0 Å². The molecular formula is C5H17NO9P2. The van der Waals surface area contributed by atoms with E-state index >= 15 is 0 Å². The molecule has 0 aromatic carbocycles. The molecule has 0 fully saturated rings. The fourth-order valence-corrected chi connectivity index (χ4v) is 3.89. The van der Waals surface area contributed by atoms with Gasteiger partial charge in [-0.15, -0.1) is 0 Å². The van der Waals surface area contributed by atoms with Crippen LogP contribution in [0.2, 0.25) is 0 Å². The lowest BCUT2D eigenvalue weighted by atomic mass is 10.4. The molecule has 0 atom stereocenters. The van der Waals surface area contributed by atoms with Crippen molar-refractivity contribution in [3.05, 3.63) is 0 Å². The third-order valence-electron chi connectivity index (χ3n) is 1.83. The van der Waals surface area contributed by atoms with Gasteiger partial charge in [-0.25, -0.2) is 0 Å². The fraction of sp³-hybridized carbons (Fsp3) is 0.800. The summed E-state index contributed by atoms with van der Waals surface area (Å²) in [6.07, 6.45) is -0.582. The molecule has 0 unspecified atom stereocenters. The predicted octanol–water partition coefficient (Wildman–Crippen LogP) is -2.11. The predicted molar refractivity (Wildman–Crippen MR) is 58.2 cm³/mol. The van der Waals surface area contributed by atoms with Crippen molar-refractivity contribution >= 4 is 21.1 Å². The summed E-state index contributed by atoms with van der Waals surface area (Å²) in [5.74, 6) is -0.927. The van der Waals surface area contributed by atoms with E-state index in [9.17, 15) is 13.9 Å². The van der Waals surface area contributed by atoms with Gasteiger partial charge in [0.2, 0.25) is 10.9 Å². The van der Waals surface area contributed by atoms with Gasteiger partial charge in [0, 0.05) is 6.92 Å². The molecule has 0 rings (SSSR count). The van der Waals surface area contributed by atoms with E-state index < -0.39 is 32.5 Å². The Kier molecular flexibility index (Phi) is 8.48. The Labute approximate surface area is 97.0 Å². The summed E-state index contributed by atoms with van der Waals surface area (Å²) in [7, 11) is -10.4. The summed E-state index contributed by atoms with van der Waals surface area (Å²) in [5, 5.41) is -1.17. The first-order valence-corrected chi connectivity index (χ1v) is 7.10. The van der Waals surface area contributed by atoms with Crippen LogP contribution in [0.4, 0.5) is 0 Å². The molecule has 0 aliphatic heterocycles. The van der Waals surface area contributed by atoms with Crippen molar-refractivity contribution in [3.8, 4) is 0 Å². The van der Waals surface area contributed by atoms with E-state index in [0.717, 1.165) is 13.8 Å². The Hall–Kier alpha value is -0.310. The molecule has 0 aliphatic rings. The summed E-state index contributed by atoms with van der Waals surface area (Å²) in [6.45, 7) is 2.07. The van der Waals surface area contributed by atoms with Crippen LogP contribution in [-0.4, -0.2) is 41.5 Å². The lowest BCUT2D eigenvalue weighted by Gasteiger charge is -2.33. The molecule has 10 nitrogen and oxygen atoms in total. The molecule has 106 valence electrons. The average Bonchev–Trinajstić information content (AvgIpc) is 1.94. The van der Waals surface area contributed by atoms with Crippen molar-refractivity contribution < 1.29 is 44.5 Å². The lowest BCUT2D eigenvalue weighted by Crippen LogP contribution is -2.46. The molecule has 0 spiro atoms. The monoisotopic (exact) mass is 297 g/mol. The lowest BCUT2D eigenvalue weighted by molar-refractivity contribution is -0.119. The number of amides is 1. The summed E-state index contributed by atoms with van der Waals surface area (Å²) in [4.78, 5) is 46.4. The number of nitrogens with one attached hydrogen (secondary N) is 1. The summed E-state index contributed by atoms with van der Waals surface area (Å²) in [5.41, 5.74) is 0. The first-order valence-electron chi connectivity index (χ1n) is 3.88. The van der Waals surface area contributed by atoms with Gasteiger partial charge in [0.1, 0.15) is 0 Å². The zero-order valence-corrected chi connectivity index (χ0v) is 10.9. The van der Waals surface area contributed by atoms with Crippen LogP contribution in [0.25, 0.3) is 0 Å². The van der Waals surface area contributed by atoms with E-state index in [2.05, 4.69) is 0 Å². The van der Waals surface area contributed by atoms with Gasteiger partial charge in [-0.3, -0.25) is 13.9 Å². The molecule has 12 heteroatoms. The van der Waals surface area contributed by atoms with E-state index in [-0.39, 0.29) is 11.0 Å². The van der Waals surface area contributed by atoms with E-state index in [4.69, 9.17) is 19.6 Å². The second kappa shape index (κ2) is 6.58. The van der Waals surface area contributed by atoms with Gasteiger partial charge in [-0.1, -0.05) is 6.92 Å². The number of carbonyl (C=O) groups excluding carboxylic acids is 1. The smallest absolute Gasteiger partial charge is 0.363 e. The zero-order valence-electron chi connectivity index (χ0n) is 9.12. The summed E-state index contributed by atoms with van der Waals surface area (Å²) < 4.78 is 22.1. The van der Waals surface area contributed by atoms with Crippen LogP contribution in [0.5, 0.6) is 0 Å². The quantitative estimate of drug-likeness (QED) is 0.364. The molecule has 0 saturated heterocycles. The molecule has 0 saturated carbocycles. The van der Waals surface area contributed by atoms with Gasteiger partial charge in [0.05, 0.1) is 0 Å². The van der Waals surface area contributed by atoms with Gasteiger partial charge in [0.15, 0.2) is 0 Å². The molecule has 17 heavy (non-hydrogen) atoms. The first kappa shape index (κ1) is 21.9. The Morgan fingerprint density at radius 2 is 1.41 bits per heavy atom. The average molecular weight is 297 g/mol. The third kappa shape index (κ3) is 4.46. The van der Waals surface area contributed by atoms with Crippen molar-refractivity contribution in [1.29, 1.82) is 0 Å². The van der Waals surface area contributed by atoms with E-state index in [1.807, 2.05) is 0 Å². The van der Waals surface area contributed by atoms with Crippen LogP contribution >= 0.6 is 15.2 Å². The number of hydrogen-bond donors (Lipinski definition) is 5. The van der Waals surface area contributed by atoms with Crippen molar-refractivity contribution in [2.45, 2.75) is 25.3 Å². The van der Waals surface area contributed by atoms with Crippen molar-refractivity contribution in [2.24, 2.45) is 0 Å². The Balaban J connectivity index is -0.000000980. The van der Waals surface area contributed by atoms with Crippen LogP contribution < -0.4 is 5.32 Å². The molecule has 9 N–H and O–H groups in total. The number of carbonyl (C=O) groups is 1. The van der Waals surface area contributed by atoms with Crippen LogP contribution in [-0.2, 0) is 13.9 Å². The van der Waals surface area contributed by atoms with Crippen LogP contribution in [0.15, 0.2) is 0 Å². The summed E-state index contributed by atoms with van der Waals surface area (Å²) >= 11 is 0. The van der Waals surface area contributed by atoms with E-state index in [1.54, 1.807) is 5.32 Å². The Bertz CT molecular complexity index is 321. The molecule has 0 heterocycles. The Morgan fingerprint density at radius 1 is 1.12 bits per heavy atom. The van der Waals surface area contributed by atoms with Crippen LogP contribution in [0.3, 0.4) is 0 Å². The summed E-state index contributed by atoms with van der Waals surface area (Å²) in [6, 6.07) is 0. The second-order valence-corrected chi connectivity index (χ2v) is 7.00. The topological polar surface area (TPSA) is 207 Å². The SMILES string of the molecule is CCC(NC(C)=O)(P(=O)(O)O)P(=O)(O)O.O.O. The Morgan fingerprint density at radius 3 is 1.47 bits per heavy atom. The highest BCUT2D eigenvalue weighted by atomic mass is 31.2. The minimum absolute atomic E-state index is 0. The number of hydrogen-bond acceptors (Lipinski definition) is 3. The highest BCUT2D eigenvalue weighted by Crippen LogP contribution is 2.68. The van der Waals surface area contributed by atoms with Gasteiger partial charge < -0.3 is 35.8 Å². The van der Waals surface area contributed by atoms with Gasteiger partial charge >= 0.3 is 15.2 Å². The molecule has 0 aromatic rings. The fourth-order valence-electron chi connectivity index (χ4n) is 1.10. The minimum Gasteiger partial charge on any atom is -0.412 e. The maximum atomic E-state index is 11.1. The third-order valence-corrected chi connectivity index (χ3v) is 6.18. The van der Waals surface area contributed by atoms with Crippen molar-refractivity contribution in [2.75, 3.05) is 0 Å². The zero-order chi connectivity index (χ0) is 12.5. The van der Waals surface area contributed by atoms with E-state index in [1.165, 1.54) is 0 Å². The standard InChI is InChI=1S/C5H13NO7P2.2H2O/c1-3-5(6-4(2)7,14(8,9)10)15(11,12)13;;/h3H2,1-2H3,(H,6,7)(H2,8,9,10)(H2,11,12,13);2*1H2. The minimum atomic E-state index is -5.18.